The van der Waals surface area contributed by atoms with E-state index in [-0.39, 0.29) is 50.6 Å². The molecule has 8 aromatic carbocycles. The second kappa shape index (κ2) is 11.0. The van der Waals surface area contributed by atoms with E-state index in [4.69, 9.17) is 20.4 Å². The van der Waals surface area contributed by atoms with E-state index in [9.17, 15) is 0 Å². The summed E-state index contributed by atoms with van der Waals surface area (Å²) >= 11 is 0. The van der Waals surface area contributed by atoms with E-state index in [1.54, 1.807) is 0 Å². The van der Waals surface area contributed by atoms with Crippen molar-refractivity contribution in [3.63, 3.8) is 0 Å². The van der Waals surface area contributed by atoms with Crippen molar-refractivity contribution in [3.8, 4) is 17.1 Å². The van der Waals surface area contributed by atoms with Crippen LogP contribution in [-0.4, -0.2) is 9.55 Å². The van der Waals surface area contributed by atoms with Crippen LogP contribution in [0.3, 0.4) is 0 Å². The summed E-state index contributed by atoms with van der Waals surface area (Å²) in [7, 11) is 0. The number of oxazole rings is 1. The summed E-state index contributed by atoms with van der Waals surface area (Å²) in [6.45, 7) is 0. The summed E-state index contributed by atoms with van der Waals surface area (Å²) in [5.41, 5.74) is 6.62. The molecule has 0 unspecified atom stereocenters. The summed E-state index contributed by atoms with van der Waals surface area (Å²) in [6.07, 6.45) is 0. The highest BCUT2D eigenvalue weighted by Gasteiger charge is 2.21. The van der Waals surface area contributed by atoms with Gasteiger partial charge in [-0.15, -0.1) is 0 Å². The van der Waals surface area contributed by atoms with Crippen LogP contribution >= 0.6 is 0 Å². The van der Waals surface area contributed by atoms with Gasteiger partial charge in [0.15, 0.2) is 5.58 Å². The second-order valence-electron chi connectivity index (χ2n) is 11.8. The maximum atomic E-state index is 8.84. The van der Waals surface area contributed by atoms with Crippen LogP contribution < -0.4 is 4.90 Å². The van der Waals surface area contributed by atoms with E-state index in [1.807, 2.05) is 60.7 Å². The molecule has 0 radical (unpaired) electrons. The van der Waals surface area contributed by atoms with Gasteiger partial charge in [0.05, 0.1) is 27.7 Å². The van der Waals surface area contributed by atoms with Crippen LogP contribution in [-0.2, 0) is 0 Å². The standard InChI is InChI=1S/C45H29N3O/c1-3-14-31(15-4-1)47(40-24-13-25-41-42(40)38-22-11-12-23-39(38)48(41)32-16-5-2-6-17-32)33-28-26-30(27-29-33)45-46-43-36-20-9-7-18-34(36)35-19-8-10-21-37(35)44(43)49-45/h1-29H/i7D,8D,9D,10D,18D,19D,20D,21D. The van der Waals surface area contributed by atoms with E-state index in [0.29, 0.717) is 5.56 Å². The van der Waals surface area contributed by atoms with Crippen LogP contribution in [0.5, 0.6) is 0 Å². The van der Waals surface area contributed by atoms with Gasteiger partial charge in [0.1, 0.15) is 5.52 Å². The Morgan fingerprint density at radius 3 is 1.92 bits per heavy atom. The predicted octanol–water partition coefficient (Wildman–Crippen LogP) is 12.4. The van der Waals surface area contributed by atoms with Crippen LogP contribution in [0.1, 0.15) is 11.0 Å². The number of hydrogen-bond donors (Lipinski definition) is 0. The molecule has 0 spiro atoms. The van der Waals surface area contributed by atoms with Gasteiger partial charge in [-0.05, 0) is 77.5 Å². The molecule has 0 aliphatic rings. The Bertz CT molecular complexity index is 3180. The molecule has 4 heteroatoms. The van der Waals surface area contributed by atoms with Crippen LogP contribution in [0.25, 0.3) is 71.6 Å². The van der Waals surface area contributed by atoms with Gasteiger partial charge in [-0.1, -0.05) is 109 Å². The first-order valence-electron chi connectivity index (χ1n) is 19.9. The van der Waals surface area contributed by atoms with Crippen molar-refractivity contribution in [1.29, 1.82) is 0 Å². The summed E-state index contributed by atoms with van der Waals surface area (Å²) in [6, 6.07) is 39.2. The van der Waals surface area contributed by atoms with Crippen molar-refractivity contribution in [2.24, 2.45) is 0 Å². The molecule has 10 rings (SSSR count). The molecule has 230 valence electrons. The van der Waals surface area contributed by atoms with E-state index >= 15 is 0 Å². The molecule has 0 fully saturated rings. The molecule has 10 aromatic rings. The quantitative estimate of drug-likeness (QED) is 0.177. The topological polar surface area (TPSA) is 34.2 Å². The minimum absolute atomic E-state index is 0.00177. The fourth-order valence-electron chi connectivity index (χ4n) is 6.93. The van der Waals surface area contributed by atoms with Crippen molar-refractivity contribution in [2.45, 2.75) is 0 Å². The summed E-state index contributed by atoms with van der Waals surface area (Å²) in [5.74, 6) is 0.129. The minimum Gasteiger partial charge on any atom is -0.435 e. The van der Waals surface area contributed by atoms with Crippen LogP contribution in [0.4, 0.5) is 17.1 Å². The molecule has 0 saturated heterocycles. The first-order chi connectivity index (χ1) is 27.7. The molecule has 49 heavy (non-hydrogen) atoms. The normalized spacial score (nSPS) is 14.0. The summed E-state index contributed by atoms with van der Waals surface area (Å²) in [4.78, 5) is 6.97. The molecule has 0 amide bonds. The number of aromatic nitrogens is 2. The highest BCUT2D eigenvalue weighted by molar-refractivity contribution is 6.23. The molecular formula is C45H29N3O. The van der Waals surface area contributed by atoms with Crippen molar-refractivity contribution in [2.75, 3.05) is 4.90 Å². The van der Waals surface area contributed by atoms with Crippen molar-refractivity contribution in [3.05, 3.63) is 176 Å². The molecule has 2 aromatic heterocycles. The number of nitrogens with zero attached hydrogens (tertiary/aromatic N) is 3. The number of para-hydroxylation sites is 3. The maximum Gasteiger partial charge on any atom is 0.227 e. The third-order valence-corrected chi connectivity index (χ3v) is 9.03. The van der Waals surface area contributed by atoms with Crippen molar-refractivity contribution >= 4 is 71.5 Å². The molecule has 0 saturated carbocycles. The Hall–Kier alpha value is -6.65. The Morgan fingerprint density at radius 1 is 0.531 bits per heavy atom. The predicted molar refractivity (Wildman–Crippen MR) is 203 cm³/mol. The zero-order valence-electron chi connectivity index (χ0n) is 33.9. The molecular weight excluding hydrogens is 599 g/mol. The highest BCUT2D eigenvalue weighted by atomic mass is 16.3. The first kappa shape index (κ1) is 20.6. The fraction of sp³-hybridized carbons (Fsp3) is 0. The number of rotatable bonds is 5. The molecule has 0 aliphatic carbocycles. The lowest BCUT2D eigenvalue weighted by Crippen LogP contribution is -2.10. The van der Waals surface area contributed by atoms with Gasteiger partial charge < -0.3 is 13.9 Å². The van der Waals surface area contributed by atoms with Crippen LogP contribution in [0, 0.1) is 0 Å². The average Bonchev–Trinajstić information content (AvgIpc) is 3.84. The Kier molecular flexibility index (Phi) is 4.60. The lowest BCUT2D eigenvalue weighted by molar-refractivity contribution is 0.623. The lowest BCUT2D eigenvalue weighted by atomic mass is 10.0. The first-order valence-corrected chi connectivity index (χ1v) is 15.9. The Labute approximate surface area is 294 Å². The van der Waals surface area contributed by atoms with Crippen LogP contribution in [0.15, 0.2) is 180 Å². The Morgan fingerprint density at radius 2 is 1.14 bits per heavy atom. The van der Waals surface area contributed by atoms with Gasteiger partial charge >= 0.3 is 0 Å². The number of benzene rings is 8. The van der Waals surface area contributed by atoms with Gasteiger partial charge in [-0.3, -0.25) is 0 Å². The summed E-state index contributed by atoms with van der Waals surface area (Å²) < 4.78 is 77.5. The molecule has 0 aliphatic heterocycles. The minimum atomic E-state index is -0.515. The molecule has 0 N–H and O–H groups in total. The largest absolute Gasteiger partial charge is 0.435 e. The van der Waals surface area contributed by atoms with E-state index in [2.05, 4.69) is 76.2 Å². The molecule has 2 heterocycles. The number of anilines is 3. The van der Waals surface area contributed by atoms with E-state index < -0.39 is 36.3 Å². The number of hydrogen-bond acceptors (Lipinski definition) is 3. The van der Waals surface area contributed by atoms with Gasteiger partial charge in [0.25, 0.3) is 0 Å². The zero-order valence-corrected chi connectivity index (χ0v) is 25.9. The van der Waals surface area contributed by atoms with Gasteiger partial charge in [0, 0.05) is 44.2 Å². The maximum absolute atomic E-state index is 8.84. The van der Waals surface area contributed by atoms with E-state index in [1.165, 1.54) is 0 Å². The zero-order chi connectivity index (χ0) is 39.3. The smallest absolute Gasteiger partial charge is 0.227 e. The van der Waals surface area contributed by atoms with Crippen molar-refractivity contribution < 1.29 is 15.4 Å². The SMILES string of the molecule is [2H]c1c([2H])c([2H])c2c(c1[2H])c1nc(-c3ccc(N(c4ccccc4)c4cccc5c4c4ccccc4n5-c4ccccc4)cc3)oc1c1c([2H])c([2H])c([2H])c([2H])c12. The third-order valence-electron chi connectivity index (χ3n) is 9.03. The van der Waals surface area contributed by atoms with E-state index in [0.717, 1.165) is 44.6 Å². The van der Waals surface area contributed by atoms with Crippen LogP contribution in [0.2, 0.25) is 0 Å². The van der Waals surface area contributed by atoms with Crippen molar-refractivity contribution in [1.82, 2.24) is 9.55 Å². The second-order valence-corrected chi connectivity index (χ2v) is 11.8. The lowest BCUT2D eigenvalue weighted by Gasteiger charge is -2.26. The average molecular weight is 636 g/mol. The fourth-order valence-corrected chi connectivity index (χ4v) is 6.93. The highest BCUT2D eigenvalue weighted by Crippen LogP contribution is 2.44. The van der Waals surface area contributed by atoms with Gasteiger partial charge in [-0.2, -0.15) is 0 Å². The monoisotopic (exact) mass is 635 g/mol. The molecule has 4 nitrogen and oxygen atoms in total. The third kappa shape index (κ3) is 4.28. The summed E-state index contributed by atoms with van der Waals surface area (Å²) in [5, 5.41) is 2.13. The number of fused-ring (bicyclic) bond motifs is 9. The van der Waals surface area contributed by atoms with Gasteiger partial charge in [0.2, 0.25) is 5.89 Å². The van der Waals surface area contributed by atoms with Gasteiger partial charge in [-0.25, -0.2) is 4.98 Å². The Balaban J connectivity index is 1.19. The molecule has 0 bridgehead atoms. The molecule has 0 atom stereocenters.